The van der Waals surface area contributed by atoms with Crippen molar-refractivity contribution >= 4 is 0 Å². The molecule has 7 heteroatoms. The van der Waals surface area contributed by atoms with Gasteiger partial charge in [-0.25, -0.2) is 4.68 Å². The summed E-state index contributed by atoms with van der Waals surface area (Å²) < 4.78 is 23.8. The Morgan fingerprint density at radius 2 is 1.54 bits per heavy atom. The summed E-state index contributed by atoms with van der Waals surface area (Å²) in [5, 5.41) is 8.07. The van der Waals surface area contributed by atoms with Gasteiger partial charge in [-0.1, -0.05) is 5.21 Å². The summed E-state index contributed by atoms with van der Waals surface area (Å²) in [4.78, 5) is 0. The van der Waals surface area contributed by atoms with Crippen molar-refractivity contribution in [3.8, 4) is 0 Å². The highest BCUT2D eigenvalue weighted by atomic mass is 16.5. The van der Waals surface area contributed by atoms with Crippen LogP contribution in [0.5, 0.6) is 0 Å². The fraction of sp³-hybridized carbons (Fsp3) is 0.882. The minimum atomic E-state index is -0.243. The van der Waals surface area contributed by atoms with Crippen molar-refractivity contribution in [2.24, 2.45) is 0 Å². The molecule has 0 saturated carbocycles. The second-order valence-corrected chi connectivity index (χ2v) is 7.12. The van der Waals surface area contributed by atoms with Crippen molar-refractivity contribution in [1.82, 2.24) is 15.0 Å². The van der Waals surface area contributed by atoms with Crippen LogP contribution in [0.4, 0.5) is 0 Å². The molecule has 1 heterocycles. The van der Waals surface area contributed by atoms with E-state index in [4.69, 9.17) is 18.9 Å². The number of ether oxygens (including phenoxy) is 4. The molecule has 0 aliphatic carbocycles. The maximum absolute atomic E-state index is 5.97. The molecule has 24 heavy (non-hydrogen) atoms. The summed E-state index contributed by atoms with van der Waals surface area (Å²) in [5.41, 5.74) is 0.404. The standard InChI is InChI=1S/C17H33N3O4/c1-16(2,7-10-21-5)23-11-8-17(3,4)24-12-9-20-13-15(14-22-6)18-19-20/h13H,7-12,14H2,1-6H3. The number of methoxy groups -OCH3 is 2. The lowest BCUT2D eigenvalue weighted by molar-refractivity contribution is -0.0804. The van der Waals surface area contributed by atoms with Gasteiger partial charge in [0.25, 0.3) is 0 Å². The van der Waals surface area contributed by atoms with Crippen LogP contribution in [0.2, 0.25) is 0 Å². The number of nitrogens with zero attached hydrogens (tertiary/aromatic N) is 3. The van der Waals surface area contributed by atoms with Gasteiger partial charge in [0.05, 0.1) is 43.8 Å². The van der Waals surface area contributed by atoms with Crippen LogP contribution in [-0.2, 0) is 32.1 Å². The highest BCUT2D eigenvalue weighted by Gasteiger charge is 2.22. The van der Waals surface area contributed by atoms with Crippen LogP contribution in [0, 0.1) is 0 Å². The first-order valence-electron chi connectivity index (χ1n) is 8.43. The Hall–Kier alpha value is -1.02. The number of rotatable bonds is 13. The molecule has 1 aromatic heterocycles. The van der Waals surface area contributed by atoms with Crippen LogP contribution in [0.1, 0.15) is 46.2 Å². The molecular weight excluding hydrogens is 310 g/mol. The molecule has 0 aliphatic heterocycles. The molecule has 140 valence electrons. The van der Waals surface area contributed by atoms with Gasteiger partial charge in [-0.05, 0) is 40.5 Å². The average molecular weight is 343 g/mol. The average Bonchev–Trinajstić information content (AvgIpc) is 2.92. The second-order valence-electron chi connectivity index (χ2n) is 7.12. The lowest BCUT2D eigenvalue weighted by Gasteiger charge is -2.29. The molecule has 0 radical (unpaired) electrons. The molecule has 0 aliphatic rings. The number of hydrogen-bond acceptors (Lipinski definition) is 6. The molecule has 0 fully saturated rings. The quantitative estimate of drug-likeness (QED) is 0.548. The summed E-state index contributed by atoms with van der Waals surface area (Å²) in [7, 11) is 3.35. The Morgan fingerprint density at radius 1 is 0.917 bits per heavy atom. The summed E-state index contributed by atoms with van der Waals surface area (Å²) in [5.74, 6) is 0. The van der Waals surface area contributed by atoms with Gasteiger partial charge in [-0.2, -0.15) is 0 Å². The molecule has 0 N–H and O–H groups in total. The molecule has 0 unspecified atom stereocenters. The smallest absolute Gasteiger partial charge is 0.108 e. The predicted molar refractivity (Wildman–Crippen MR) is 91.9 cm³/mol. The Morgan fingerprint density at radius 3 is 2.17 bits per heavy atom. The third kappa shape index (κ3) is 8.73. The summed E-state index contributed by atoms with van der Waals surface area (Å²) >= 11 is 0. The van der Waals surface area contributed by atoms with Crippen molar-refractivity contribution in [3.05, 3.63) is 11.9 Å². The van der Waals surface area contributed by atoms with Gasteiger partial charge in [0, 0.05) is 20.8 Å². The van der Waals surface area contributed by atoms with Crippen LogP contribution in [-0.4, -0.2) is 60.2 Å². The van der Waals surface area contributed by atoms with Gasteiger partial charge in [0.1, 0.15) is 5.69 Å². The van der Waals surface area contributed by atoms with Crippen molar-refractivity contribution in [1.29, 1.82) is 0 Å². The Balaban J connectivity index is 2.25. The molecule has 1 rings (SSSR count). The highest BCUT2D eigenvalue weighted by Crippen LogP contribution is 2.19. The zero-order chi connectivity index (χ0) is 18.1. The van der Waals surface area contributed by atoms with E-state index in [1.807, 2.05) is 6.20 Å². The zero-order valence-corrected chi connectivity index (χ0v) is 16.0. The first-order chi connectivity index (χ1) is 11.3. The van der Waals surface area contributed by atoms with E-state index in [0.29, 0.717) is 33.0 Å². The van der Waals surface area contributed by atoms with Crippen LogP contribution in [0.15, 0.2) is 6.20 Å². The lowest BCUT2D eigenvalue weighted by Crippen LogP contribution is -2.32. The maximum Gasteiger partial charge on any atom is 0.108 e. The van der Waals surface area contributed by atoms with Crippen molar-refractivity contribution < 1.29 is 18.9 Å². The third-order valence-corrected chi connectivity index (χ3v) is 3.80. The van der Waals surface area contributed by atoms with Gasteiger partial charge < -0.3 is 18.9 Å². The van der Waals surface area contributed by atoms with Crippen LogP contribution in [0.3, 0.4) is 0 Å². The van der Waals surface area contributed by atoms with E-state index in [-0.39, 0.29) is 11.2 Å². The molecule has 0 amide bonds. The fourth-order valence-corrected chi connectivity index (χ4v) is 2.14. The van der Waals surface area contributed by atoms with Crippen LogP contribution in [0.25, 0.3) is 0 Å². The van der Waals surface area contributed by atoms with Gasteiger partial charge >= 0.3 is 0 Å². The minimum absolute atomic E-state index is 0.176. The molecule has 0 saturated heterocycles. The second kappa shape index (κ2) is 10.1. The fourth-order valence-electron chi connectivity index (χ4n) is 2.14. The van der Waals surface area contributed by atoms with Gasteiger partial charge in [0.2, 0.25) is 0 Å². The Bertz CT molecular complexity index is 460. The topological polar surface area (TPSA) is 67.6 Å². The normalized spacial score (nSPS) is 12.8. The molecule has 0 spiro atoms. The number of hydrogen-bond donors (Lipinski definition) is 0. The SMILES string of the molecule is COCCC(C)(C)OCCC(C)(C)OCCn1cc(COC)nn1. The summed E-state index contributed by atoms with van der Waals surface area (Å²) in [6.45, 7) is 11.4. The minimum Gasteiger partial charge on any atom is -0.385 e. The van der Waals surface area contributed by atoms with E-state index in [1.165, 1.54) is 0 Å². The molecule has 1 aromatic rings. The van der Waals surface area contributed by atoms with Crippen LogP contribution >= 0.6 is 0 Å². The van der Waals surface area contributed by atoms with Gasteiger partial charge in [-0.3, -0.25) is 0 Å². The van der Waals surface area contributed by atoms with Crippen molar-refractivity contribution in [2.75, 3.05) is 34.0 Å². The van der Waals surface area contributed by atoms with Gasteiger partial charge in [0.15, 0.2) is 0 Å². The van der Waals surface area contributed by atoms with E-state index in [1.54, 1.807) is 18.9 Å². The largest absolute Gasteiger partial charge is 0.385 e. The lowest BCUT2D eigenvalue weighted by atomic mass is 10.0. The van der Waals surface area contributed by atoms with Crippen molar-refractivity contribution in [2.45, 2.75) is 64.9 Å². The highest BCUT2D eigenvalue weighted by molar-refractivity contribution is 4.89. The van der Waals surface area contributed by atoms with Crippen molar-refractivity contribution in [3.63, 3.8) is 0 Å². The molecular formula is C17H33N3O4. The maximum atomic E-state index is 5.97. The van der Waals surface area contributed by atoms with Crippen LogP contribution < -0.4 is 0 Å². The molecule has 0 atom stereocenters. The van der Waals surface area contributed by atoms with E-state index < -0.39 is 0 Å². The summed E-state index contributed by atoms with van der Waals surface area (Å²) in [6, 6.07) is 0. The van der Waals surface area contributed by atoms with E-state index in [2.05, 4.69) is 38.0 Å². The number of aromatic nitrogens is 3. The molecule has 0 aromatic carbocycles. The van der Waals surface area contributed by atoms with E-state index >= 15 is 0 Å². The molecule has 0 bridgehead atoms. The first-order valence-corrected chi connectivity index (χ1v) is 8.43. The monoisotopic (exact) mass is 343 g/mol. The zero-order valence-electron chi connectivity index (χ0n) is 16.0. The summed E-state index contributed by atoms with van der Waals surface area (Å²) in [6.07, 6.45) is 3.58. The van der Waals surface area contributed by atoms with Gasteiger partial charge in [-0.15, -0.1) is 5.10 Å². The molecule has 7 nitrogen and oxygen atoms in total. The first kappa shape index (κ1) is 21.0. The predicted octanol–water partition coefficient (Wildman–Crippen LogP) is 2.44. The van der Waals surface area contributed by atoms with E-state index in [0.717, 1.165) is 18.5 Å². The third-order valence-electron chi connectivity index (χ3n) is 3.80. The Kier molecular flexibility index (Phi) is 8.83. The van der Waals surface area contributed by atoms with E-state index in [9.17, 15) is 0 Å². The Labute approximate surface area is 145 Å².